The molecule has 0 aromatic heterocycles. The van der Waals surface area contributed by atoms with Gasteiger partial charge in [-0.2, -0.15) is 0 Å². The maximum Gasteiger partial charge on any atom is 0 e. The van der Waals surface area contributed by atoms with Crippen molar-refractivity contribution in [3.05, 3.63) is 13.2 Å². The standard InChI is InChI=1S/C2H3.ClH.Sm/c1-2;;/h1H,2H2;1H;/q-1;;. The summed E-state index contributed by atoms with van der Waals surface area (Å²) in [5, 5.41) is 0. The van der Waals surface area contributed by atoms with Crippen LogP contribution in [0.1, 0.15) is 0 Å². The van der Waals surface area contributed by atoms with Gasteiger partial charge in [-0.3, -0.25) is 6.58 Å². The van der Waals surface area contributed by atoms with Crippen molar-refractivity contribution in [2.24, 2.45) is 0 Å². The summed E-state index contributed by atoms with van der Waals surface area (Å²) in [4.78, 5) is 0. The average molecular weight is 214 g/mol. The Kier molecular flexibility index (Phi) is 121. The Morgan fingerprint density at radius 3 is 1.25 bits per heavy atom. The summed E-state index contributed by atoms with van der Waals surface area (Å²) in [7, 11) is 0. The zero-order valence-corrected chi connectivity index (χ0v) is 5.54. The summed E-state index contributed by atoms with van der Waals surface area (Å²) < 4.78 is 0. The molecule has 0 saturated heterocycles. The fourth-order valence-electron chi connectivity index (χ4n) is 0. The van der Waals surface area contributed by atoms with Crippen molar-refractivity contribution in [1.29, 1.82) is 0 Å². The van der Waals surface area contributed by atoms with Gasteiger partial charge in [0.15, 0.2) is 0 Å². The number of hydrogen-bond donors (Lipinski definition) is 0. The largest absolute Gasteiger partial charge is 0.521 e. The Bertz CT molecular complexity index is 6.00. The van der Waals surface area contributed by atoms with E-state index < -0.39 is 0 Å². The van der Waals surface area contributed by atoms with Gasteiger partial charge < -0.3 is 6.58 Å². The molecule has 26 valence electrons. The predicted molar refractivity (Wildman–Crippen MR) is 17.2 cm³/mol. The fourth-order valence-corrected chi connectivity index (χ4v) is 0. The van der Waals surface area contributed by atoms with Gasteiger partial charge in [0, 0.05) is 40.4 Å². The molecule has 0 aromatic carbocycles. The third kappa shape index (κ3) is 10.1. The second-order valence-electron chi connectivity index (χ2n) is 0. The van der Waals surface area contributed by atoms with Crippen LogP contribution in [0.4, 0.5) is 0 Å². The van der Waals surface area contributed by atoms with Crippen LogP contribution < -0.4 is 0 Å². The maximum atomic E-state index is 4.25. The van der Waals surface area contributed by atoms with Gasteiger partial charge in [-0.15, -0.1) is 12.4 Å². The summed E-state index contributed by atoms with van der Waals surface area (Å²) in [5.74, 6) is 0. The molecule has 0 heterocycles. The third-order valence-electron chi connectivity index (χ3n) is 0. The van der Waals surface area contributed by atoms with E-state index in [1.807, 2.05) is 0 Å². The zero-order chi connectivity index (χ0) is 2.00. The number of halogens is 1. The molecule has 0 rings (SSSR count). The normalized spacial score (nSPS) is 1.00. The van der Waals surface area contributed by atoms with E-state index in [1.165, 1.54) is 0 Å². The van der Waals surface area contributed by atoms with E-state index in [0.717, 1.165) is 0 Å². The van der Waals surface area contributed by atoms with Gasteiger partial charge in [0.2, 0.25) is 0 Å². The van der Waals surface area contributed by atoms with Crippen LogP contribution in [0, 0.1) is 47.0 Å². The Hall–Kier alpha value is 1.37. The molecule has 0 bridgehead atoms. The summed E-state index contributed by atoms with van der Waals surface area (Å²) in [6, 6.07) is 0. The first-order chi connectivity index (χ1) is 1.00. The smallest absolute Gasteiger partial charge is 0 e. The fraction of sp³-hybridized carbons (Fsp3) is 0. The minimum Gasteiger partial charge on any atom is -0.521 e. The molecule has 0 atom stereocenters. The quantitative estimate of drug-likeness (QED) is 0.528. The molecule has 4 heavy (non-hydrogen) atoms. The van der Waals surface area contributed by atoms with Crippen molar-refractivity contribution in [3.8, 4) is 0 Å². The van der Waals surface area contributed by atoms with Crippen molar-refractivity contribution in [3.63, 3.8) is 0 Å². The summed E-state index contributed by atoms with van der Waals surface area (Å²) in [6.45, 7) is 7.00. The molecule has 0 aliphatic rings. The van der Waals surface area contributed by atoms with Crippen LogP contribution in [0.5, 0.6) is 0 Å². The Balaban J connectivity index is -0.00000000500. The molecule has 0 N–H and O–H groups in total. The molecule has 2 heteroatoms. The summed E-state index contributed by atoms with van der Waals surface area (Å²) >= 11 is 0. The molecule has 0 unspecified atom stereocenters. The van der Waals surface area contributed by atoms with Crippen molar-refractivity contribution < 1.29 is 40.4 Å². The molecule has 0 aromatic rings. The van der Waals surface area contributed by atoms with Crippen molar-refractivity contribution in [1.82, 2.24) is 0 Å². The molecule has 0 aliphatic carbocycles. The van der Waals surface area contributed by atoms with Gasteiger partial charge in [-0.05, 0) is 0 Å². The van der Waals surface area contributed by atoms with E-state index in [1.54, 1.807) is 0 Å². The first-order valence-corrected chi connectivity index (χ1v) is 0.408. The van der Waals surface area contributed by atoms with Crippen LogP contribution in [0.2, 0.25) is 0 Å². The van der Waals surface area contributed by atoms with E-state index in [2.05, 4.69) is 13.2 Å². The van der Waals surface area contributed by atoms with E-state index in [-0.39, 0.29) is 52.8 Å². The molecule has 0 aliphatic heterocycles. The Morgan fingerprint density at radius 2 is 1.25 bits per heavy atom. The number of hydrogen-bond acceptors (Lipinski definition) is 0. The molecule has 0 saturated carbocycles. The second-order valence-corrected chi connectivity index (χ2v) is 0. The van der Waals surface area contributed by atoms with Crippen LogP contribution in [0.3, 0.4) is 0 Å². The van der Waals surface area contributed by atoms with Gasteiger partial charge in [-0.25, -0.2) is 0 Å². The number of rotatable bonds is 0. The van der Waals surface area contributed by atoms with Gasteiger partial charge >= 0.3 is 0 Å². The Morgan fingerprint density at radius 1 is 1.25 bits per heavy atom. The minimum absolute atomic E-state index is 0. The second kappa shape index (κ2) is 26.5. The van der Waals surface area contributed by atoms with Crippen LogP contribution >= 0.6 is 12.4 Å². The van der Waals surface area contributed by atoms with Crippen molar-refractivity contribution in [2.75, 3.05) is 0 Å². The minimum atomic E-state index is 0. The molecular formula is C2H4ClSm-. The van der Waals surface area contributed by atoms with E-state index in [9.17, 15) is 0 Å². The van der Waals surface area contributed by atoms with E-state index >= 15 is 0 Å². The summed E-state index contributed by atoms with van der Waals surface area (Å²) in [5.41, 5.74) is 0. The van der Waals surface area contributed by atoms with Crippen LogP contribution in [0.25, 0.3) is 0 Å². The Labute approximate surface area is 65.2 Å². The molecule has 0 amide bonds. The van der Waals surface area contributed by atoms with Crippen molar-refractivity contribution in [2.45, 2.75) is 0 Å². The van der Waals surface area contributed by atoms with Crippen LogP contribution in [-0.2, 0) is 0 Å². The zero-order valence-electron chi connectivity index (χ0n) is 2.10. The molecule has 0 fully saturated rings. The molecule has 0 spiro atoms. The predicted octanol–water partition coefficient (Wildman–Crippen LogP) is 1.03. The monoisotopic (exact) mass is 215 g/mol. The van der Waals surface area contributed by atoms with Gasteiger partial charge in [0.05, 0.1) is 0 Å². The third-order valence-corrected chi connectivity index (χ3v) is 0. The molecular weight excluding hydrogens is 210 g/mol. The van der Waals surface area contributed by atoms with E-state index in [4.69, 9.17) is 0 Å². The van der Waals surface area contributed by atoms with Gasteiger partial charge in [0.25, 0.3) is 0 Å². The molecule has 0 nitrogen and oxygen atoms in total. The van der Waals surface area contributed by atoms with Crippen LogP contribution in [-0.4, -0.2) is 0 Å². The SMILES string of the molecule is Cl.[CH-]=C.[Sm]. The van der Waals surface area contributed by atoms with Crippen LogP contribution in [0.15, 0.2) is 6.58 Å². The average Bonchev–Trinajstić information content (AvgIpc) is 1.00. The van der Waals surface area contributed by atoms with E-state index in [0.29, 0.717) is 0 Å². The summed E-state index contributed by atoms with van der Waals surface area (Å²) in [6.07, 6.45) is 0. The van der Waals surface area contributed by atoms with Gasteiger partial charge in [0.1, 0.15) is 0 Å². The maximum absolute atomic E-state index is 4.25. The van der Waals surface area contributed by atoms with Crippen molar-refractivity contribution >= 4 is 12.4 Å². The topological polar surface area (TPSA) is 0 Å². The first-order valence-electron chi connectivity index (χ1n) is 0.408. The molecule has 0 radical (unpaired) electrons. The van der Waals surface area contributed by atoms with Gasteiger partial charge in [-0.1, -0.05) is 0 Å². The first kappa shape index (κ1) is 18.3.